The Balaban J connectivity index is 1.29. The van der Waals surface area contributed by atoms with E-state index in [2.05, 4.69) is 25.5 Å². The first kappa shape index (κ1) is 19.6. The van der Waals surface area contributed by atoms with Gasteiger partial charge in [0.2, 0.25) is 0 Å². The number of carbonyl (C=O) groups is 2. The van der Waals surface area contributed by atoms with Crippen LogP contribution in [0.4, 0.5) is 5.69 Å². The molecule has 1 fully saturated rings. The van der Waals surface area contributed by atoms with E-state index < -0.39 is 5.41 Å². The van der Waals surface area contributed by atoms with Gasteiger partial charge in [-0.3, -0.25) is 14.6 Å². The maximum absolute atomic E-state index is 13.3. The van der Waals surface area contributed by atoms with Gasteiger partial charge in [-0.2, -0.15) is 15.2 Å². The fourth-order valence-electron chi connectivity index (χ4n) is 4.43. The van der Waals surface area contributed by atoms with Crippen molar-refractivity contribution in [3.63, 3.8) is 0 Å². The SMILES string of the molecule is CC1=NN(c2ccncc2Cl)C(=O)[C@]12CC[C@H](NC(=O)c1cnn3cccnc13)CC2. The maximum atomic E-state index is 13.3. The molecule has 158 valence electrons. The van der Waals surface area contributed by atoms with Gasteiger partial charge in [0.05, 0.1) is 28.0 Å². The highest BCUT2D eigenvalue weighted by atomic mass is 35.5. The van der Waals surface area contributed by atoms with Gasteiger partial charge >= 0.3 is 0 Å². The van der Waals surface area contributed by atoms with Crippen LogP contribution in [0.2, 0.25) is 5.02 Å². The predicted molar refractivity (Wildman–Crippen MR) is 115 cm³/mol. The van der Waals surface area contributed by atoms with Crippen molar-refractivity contribution in [3.05, 3.63) is 53.7 Å². The Labute approximate surface area is 183 Å². The summed E-state index contributed by atoms with van der Waals surface area (Å²) in [4.78, 5) is 34.3. The molecule has 1 N–H and O–H groups in total. The Morgan fingerprint density at radius 3 is 2.84 bits per heavy atom. The van der Waals surface area contributed by atoms with E-state index in [4.69, 9.17) is 11.6 Å². The molecule has 5 rings (SSSR count). The van der Waals surface area contributed by atoms with E-state index in [1.54, 1.807) is 35.2 Å². The lowest BCUT2D eigenvalue weighted by molar-refractivity contribution is -0.125. The van der Waals surface area contributed by atoms with Crippen molar-refractivity contribution in [2.75, 3.05) is 5.01 Å². The van der Waals surface area contributed by atoms with Crippen molar-refractivity contribution in [2.45, 2.75) is 38.6 Å². The minimum Gasteiger partial charge on any atom is -0.349 e. The fourth-order valence-corrected chi connectivity index (χ4v) is 4.63. The average Bonchev–Trinajstić information content (AvgIpc) is 3.31. The van der Waals surface area contributed by atoms with Crippen molar-refractivity contribution in [1.29, 1.82) is 0 Å². The van der Waals surface area contributed by atoms with Crippen LogP contribution in [0.15, 0.2) is 48.2 Å². The number of carbonyl (C=O) groups excluding carboxylic acids is 2. The zero-order chi connectivity index (χ0) is 21.6. The highest BCUT2D eigenvalue weighted by molar-refractivity contribution is 6.34. The highest BCUT2D eigenvalue weighted by Crippen LogP contribution is 2.45. The predicted octanol–water partition coefficient (Wildman–Crippen LogP) is 2.86. The van der Waals surface area contributed by atoms with Crippen molar-refractivity contribution in [3.8, 4) is 0 Å². The summed E-state index contributed by atoms with van der Waals surface area (Å²) in [5.41, 5.74) is 1.62. The number of hydrazone groups is 1. The second kappa shape index (κ2) is 7.42. The zero-order valence-electron chi connectivity index (χ0n) is 16.8. The molecule has 9 nitrogen and oxygen atoms in total. The highest BCUT2D eigenvalue weighted by Gasteiger charge is 2.51. The largest absolute Gasteiger partial charge is 0.349 e. The molecule has 1 aliphatic heterocycles. The number of rotatable bonds is 3. The van der Waals surface area contributed by atoms with Crippen molar-refractivity contribution < 1.29 is 9.59 Å². The summed E-state index contributed by atoms with van der Waals surface area (Å²) in [6.07, 6.45) is 10.6. The van der Waals surface area contributed by atoms with E-state index >= 15 is 0 Å². The van der Waals surface area contributed by atoms with Gasteiger partial charge in [0.1, 0.15) is 5.56 Å². The Hall–Kier alpha value is -3.33. The molecule has 0 saturated heterocycles. The molecule has 3 aromatic rings. The fraction of sp³-hybridized carbons (Fsp3) is 0.333. The number of anilines is 1. The Morgan fingerprint density at radius 1 is 1.26 bits per heavy atom. The third kappa shape index (κ3) is 3.16. The van der Waals surface area contributed by atoms with E-state index in [1.165, 1.54) is 17.4 Å². The molecule has 2 aliphatic rings. The van der Waals surface area contributed by atoms with Gasteiger partial charge in [-0.25, -0.2) is 9.50 Å². The van der Waals surface area contributed by atoms with E-state index in [1.807, 2.05) is 6.92 Å². The molecule has 1 aliphatic carbocycles. The minimum atomic E-state index is -0.653. The standard InChI is InChI=1S/C21H20ClN7O2/c1-13-21(20(31)29(27-13)17-5-9-23-12-16(17)22)6-3-14(4-7-21)26-19(30)15-11-25-28-10-2-8-24-18(15)28/h2,5,8-12,14H,3-4,6-7H2,1H3,(H,26,30)/t14-,21-. The second-order valence-electron chi connectivity index (χ2n) is 7.91. The number of halogens is 1. The monoisotopic (exact) mass is 437 g/mol. The molecule has 1 saturated carbocycles. The number of nitrogens with zero attached hydrogens (tertiary/aromatic N) is 6. The molecule has 0 radical (unpaired) electrons. The number of hydrogen-bond donors (Lipinski definition) is 1. The molecule has 2 amide bonds. The number of nitrogens with one attached hydrogen (secondary N) is 1. The van der Waals surface area contributed by atoms with E-state index in [9.17, 15) is 9.59 Å². The van der Waals surface area contributed by atoms with Crippen LogP contribution < -0.4 is 10.3 Å². The van der Waals surface area contributed by atoms with Crippen LogP contribution in [-0.4, -0.2) is 43.1 Å². The van der Waals surface area contributed by atoms with E-state index in [0.29, 0.717) is 47.6 Å². The van der Waals surface area contributed by atoms with Gasteiger partial charge in [-0.15, -0.1) is 0 Å². The van der Waals surface area contributed by atoms with Gasteiger partial charge in [0.25, 0.3) is 11.8 Å². The normalized spacial score (nSPS) is 23.4. The van der Waals surface area contributed by atoms with Crippen LogP contribution in [0, 0.1) is 5.41 Å². The maximum Gasteiger partial charge on any atom is 0.259 e. The van der Waals surface area contributed by atoms with Crippen LogP contribution in [0.1, 0.15) is 43.0 Å². The summed E-state index contributed by atoms with van der Waals surface area (Å²) in [5.74, 6) is -0.280. The lowest BCUT2D eigenvalue weighted by Gasteiger charge is -2.36. The molecule has 0 unspecified atom stereocenters. The third-order valence-electron chi connectivity index (χ3n) is 6.22. The van der Waals surface area contributed by atoms with Gasteiger partial charge < -0.3 is 5.32 Å². The Kier molecular flexibility index (Phi) is 4.70. The van der Waals surface area contributed by atoms with Gasteiger partial charge in [0, 0.05) is 30.8 Å². The van der Waals surface area contributed by atoms with Gasteiger partial charge in [0.15, 0.2) is 5.65 Å². The number of pyridine rings is 1. The van der Waals surface area contributed by atoms with Crippen LogP contribution in [0.3, 0.4) is 0 Å². The molecular formula is C21H20ClN7O2. The number of fused-ring (bicyclic) bond motifs is 1. The van der Waals surface area contributed by atoms with E-state index in [-0.39, 0.29) is 17.9 Å². The summed E-state index contributed by atoms with van der Waals surface area (Å²) in [5, 5.41) is 13.5. The molecule has 0 atom stereocenters. The molecule has 31 heavy (non-hydrogen) atoms. The van der Waals surface area contributed by atoms with Gasteiger partial charge in [-0.05, 0) is 44.7 Å². The molecule has 10 heteroatoms. The van der Waals surface area contributed by atoms with Crippen molar-refractivity contribution in [2.24, 2.45) is 10.5 Å². The molecular weight excluding hydrogens is 418 g/mol. The van der Waals surface area contributed by atoms with Crippen LogP contribution >= 0.6 is 11.6 Å². The Bertz CT molecular complexity index is 1210. The van der Waals surface area contributed by atoms with E-state index in [0.717, 1.165) is 5.71 Å². The summed E-state index contributed by atoms with van der Waals surface area (Å²) in [6.45, 7) is 1.89. The molecule has 4 heterocycles. The Morgan fingerprint density at radius 2 is 2.06 bits per heavy atom. The molecule has 0 bridgehead atoms. The smallest absolute Gasteiger partial charge is 0.259 e. The second-order valence-corrected chi connectivity index (χ2v) is 8.31. The van der Waals surface area contributed by atoms with Crippen LogP contribution in [0.5, 0.6) is 0 Å². The summed E-state index contributed by atoms with van der Waals surface area (Å²) in [7, 11) is 0. The lowest BCUT2D eigenvalue weighted by atomic mass is 9.69. The van der Waals surface area contributed by atoms with Crippen LogP contribution in [-0.2, 0) is 4.79 Å². The van der Waals surface area contributed by atoms with Crippen molar-refractivity contribution in [1.82, 2.24) is 24.9 Å². The zero-order valence-corrected chi connectivity index (χ0v) is 17.6. The number of aromatic nitrogens is 4. The molecule has 1 spiro atoms. The lowest BCUT2D eigenvalue weighted by Crippen LogP contribution is -2.47. The number of hydrogen-bond acceptors (Lipinski definition) is 6. The number of amides is 2. The first-order chi connectivity index (χ1) is 15.0. The summed E-state index contributed by atoms with van der Waals surface area (Å²) < 4.78 is 1.57. The van der Waals surface area contributed by atoms with Crippen molar-refractivity contribution >= 4 is 40.5 Å². The first-order valence-electron chi connectivity index (χ1n) is 10.1. The first-order valence-corrected chi connectivity index (χ1v) is 10.5. The minimum absolute atomic E-state index is 0.0315. The summed E-state index contributed by atoms with van der Waals surface area (Å²) >= 11 is 6.23. The topological polar surface area (TPSA) is 105 Å². The quantitative estimate of drug-likeness (QED) is 0.678. The molecule has 3 aromatic heterocycles. The summed E-state index contributed by atoms with van der Waals surface area (Å²) in [6, 6.07) is 3.41. The molecule has 0 aromatic carbocycles. The average molecular weight is 438 g/mol. The van der Waals surface area contributed by atoms with Crippen LogP contribution in [0.25, 0.3) is 5.65 Å². The van der Waals surface area contributed by atoms with Gasteiger partial charge in [-0.1, -0.05) is 11.6 Å². The third-order valence-corrected chi connectivity index (χ3v) is 6.51.